The molecule has 3 N–H and O–H groups in total. The normalized spacial score (nSPS) is 12.6. The number of carboxylic acid groups (broad SMARTS) is 1. The van der Waals surface area contributed by atoms with Gasteiger partial charge in [-0.1, -0.05) is 32.9 Å². The van der Waals surface area contributed by atoms with Gasteiger partial charge in [-0.15, -0.1) is 0 Å². The Labute approximate surface area is 119 Å². The molecule has 1 aromatic rings. The Morgan fingerprint density at radius 3 is 2.20 bits per heavy atom. The second-order valence-corrected chi connectivity index (χ2v) is 5.92. The number of hydrogen-bond acceptors (Lipinski definition) is 2. The largest absolute Gasteiger partial charge is 0.478 e. The standard InChI is InChI=1S/C15H22N2O3/c1-10(15(2,3)4)17-14(20)16-9-11-5-7-12(8-6-11)13(18)19/h5-8,10H,9H2,1-4H3,(H,18,19)(H2,16,17,20). The van der Waals surface area contributed by atoms with Gasteiger partial charge < -0.3 is 15.7 Å². The lowest BCUT2D eigenvalue weighted by atomic mass is 9.88. The maximum atomic E-state index is 11.7. The van der Waals surface area contributed by atoms with Crippen LogP contribution in [0.5, 0.6) is 0 Å². The Morgan fingerprint density at radius 2 is 1.75 bits per heavy atom. The molecule has 1 rings (SSSR count). The lowest BCUT2D eigenvalue weighted by Gasteiger charge is -2.28. The highest BCUT2D eigenvalue weighted by Crippen LogP contribution is 2.18. The summed E-state index contributed by atoms with van der Waals surface area (Å²) in [4.78, 5) is 22.4. The van der Waals surface area contributed by atoms with Gasteiger partial charge in [-0.25, -0.2) is 9.59 Å². The molecule has 0 heterocycles. The molecule has 0 aliphatic heterocycles. The number of rotatable bonds is 4. The van der Waals surface area contributed by atoms with E-state index in [1.807, 2.05) is 6.92 Å². The summed E-state index contributed by atoms with van der Waals surface area (Å²) in [6.45, 7) is 8.50. The van der Waals surface area contributed by atoms with Crippen LogP contribution in [0.2, 0.25) is 0 Å². The highest BCUT2D eigenvalue weighted by Gasteiger charge is 2.21. The molecule has 0 saturated heterocycles. The number of carbonyl (C=O) groups excluding carboxylic acids is 1. The van der Waals surface area contributed by atoms with E-state index >= 15 is 0 Å². The summed E-state index contributed by atoms with van der Waals surface area (Å²) >= 11 is 0. The Morgan fingerprint density at radius 1 is 1.20 bits per heavy atom. The summed E-state index contributed by atoms with van der Waals surface area (Å²) in [5, 5.41) is 14.4. The van der Waals surface area contributed by atoms with Gasteiger partial charge in [0, 0.05) is 12.6 Å². The maximum Gasteiger partial charge on any atom is 0.335 e. The van der Waals surface area contributed by atoms with Gasteiger partial charge in [0.15, 0.2) is 0 Å². The number of aromatic carboxylic acids is 1. The van der Waals surface area contributed by atoms with E-state index in [4.69, 9.17) is 5.11 Å². The van der Waals surface area contributed by atoms with E-state index in [-0.39, 0.29) is 23.1 Å². The van der Waals surface area contributed by atoms with Crippen LogP contribution in [0.1, 0.15) is 43.6 Å². The smallest absolute Gasteiger partial charge is 0.335 e. The second-order valence-electron chi connectivity index (χ2n) is 5.92. The third kappa shape index (κ3) is 4.91. The van der Waals surface area contributed by atoms with Crippen molar-refractivity contribution in [1.29, 1.82) is 0 Å². The van der Waals surface area contributed by atoms with Crippen molar-refractivity contribution in [2.45, 2.75) is 40.3 Å². The first-order chi connectivity index (χ1) is 9.20. The molecule has 110 valence electrons. The first-order valence-corrected chi connectivity index (χ1v) is 6.57. The van der Waals surface area contributed by atoms with Gasteiger partial charge in [0.2, 0.25) is 0 Å². The van der Waals surface area contributed by atoms with Gasteiger partial charge in [0.05, 0.1) is 5.56 Å². The molecule has 0 aliphatic rings. The number of nitrogens with one attached hydrogen (secondary N) is 2. The molecule has 0 radical (unpaired) electrons. The monoisotopic (exact) mass is 278 g/mol. The van der Waals surface area contributed by atoms with E-state index in [0.717, 1.165) is 5.56 Å². The third-order valence-electron chi connectivity index (χ3n) is 3.30. The van der Waals surface area contributed by atoms with Crippen molar-refractivity contribution in [2.75, 3.05) is 0 Å². The van der Waals surface area contributed by atoms with Crippen molar-refractivity contribution in [3.63, 3.8) is 0 Å². The number of benzene rings is 1. The maximum absolute atomic E-state index is 11.7. The van der Waals surface area contributed by atoms with E-state index in [1.54, 1.807) is 12.1 Å². The lowest BCUT2D eigenvalue weighted by molar-refractivity contribution is 0.0697. The Kier molecular flexibility index (Phi) is 5.13. The fourth-order valence-electron chi connectivity index (χ4n) is 1.41. The molecule has 0 spiro atoms. The molecule has 1 unspecified atom stereocenters. The van der Waals surface area contributed by atoms with Crippen molar-refractivity contribution in [3.8, 4) is 0 Å². The Bertz CT molecular complexity index is 475. The molecule has 0 aliphatic carbocycles. The molecule has 0 fully saturated rings. The fraction of sp³-hybridized carbons (Fsp3) is 0.467. The van der Waals surface area contributed by atoms with Crippen molar-refractivity contribution in [3.05, 3.63) is 35.4 Å². The van der Waals surface area contributed by atoms with Crippen LogP contribution in [0.25, 0.3) is 0 Å². The minimum Gasteiger partial charge on any atom is -0.478 e. The molecular weight excluding hydrogens is 256 g/mol. The number of amides is 2. The minimum atomic E-state index is -0.957. The van der Waals surface area contributed by atoms with Gasteiger partial charge in [-0.3, -0.25) is 0 Å². The highest BCUT2D eigenvalue weighted by molar-refractivity contribution is 5.87. The van der Waals surface area contributed by atoms with Crippen molar-refractivity contribution >= 4 is 12.0 Å². The SMILES string of the molecule is CC(NC(=O)NCc1ccc(C(=O)O)cc1)C(C)(C)C. The van der Waals surface area contributed by atoms with Crippen LogP contribution in [0.15, 0.2) is 24.3 Å². The van der Waals surface area contributed by atoms with Crippen molar-refractivity contribution in [2.24, 2.45) is 5.41 Å². The number of carboxylic acids is 1. The highest BCUT2D eigenvalue weighted by atomic mass is 16.4. The van der Waals surface area contributed by atoms with E-state index in [9.17, 15) is 9.59 Å². The summed E-state index contributed by atoms with van der Waals surface area (Å²) in [6, 6.07) is 6.25. The number of urea groups is 1. The topological polar surface area (TPSA) is 78.4 Å². The van der Waals surface area contributed by atoms with Crippen molar-refractivity contribution < 1.29 is 14.7 Å². The van der Waals surface area contributed by atoms with E-state index in [1.165, 1.54) is 12.1 Å². The lowest BCUT2D eigenvalue weighted by Crippen LogP contribution is -2.46. The van der Waals surface area contributed by atoms with E-state index < -0.39 is 5.97 Å². The van der Waals surface area contributed by atoms with Crippen LogP contribution >= 0.6 is 0 Å². The Balaban J connectivity index is 2.47. The molecule has 0 bridgehead atoms. The molecule has 1 aromatic carbocycles. The van der Waals surface area contributed by atoms with Crippen LogP contribution < -0.4 is 10.6 Å². The second kappa shape index (κ2) is 6.41. The summed E-state index contributed by atoms with van der Waals surface area (Å²) in [7, 11) is 0. The van der Waals surface area contributed by atoms with Crippen LogP contribution in [-0.4, -0.2) is 23.1 Å². The first kappa shape index (κ1) is 16.0. The zero-order valence-electron chi connectivity index (χ0n) is 12.4. The molecule has 5 nitrogen and oxygen atoms in total. The van der Waals surface area contributed by atoms with Crippen LogP contribution in [0.4, 0.5) is 4.79 Å². The molecule has 0 aromatic heterocycles. The molecule has 0 saturated carbocycles. The first-order valence-electron chi connectivity index (χ1n) is 6.57. The number of carbonyl (C=O) groups is 2. The van der Waals surface area contributed by atoms with Gasteiger partial charge in [-0.2, -0.15) is 0 Å². The summed E-state index contributed by atoms with van der Waals surface area (Å²) in [6.07, 6.45) is 0. The number of hydrogen-bond donors (Lipinski definition) is 3. The fourth-order valence-corrected chi connectivity index (χ4v) is 1.41. The predicted molar refractivity (Wildman–Crippen MR) is 77.7 cm³/mol. The van der Waals surface area contributed by atoms with E-state index in [0.29, 0.717) is 6.54 Å². The van der Waals surface area contributed by atoms with Crippen LogP contribution in [0.3, 0.4) is 0 Å². The molecular formula is C15H22N2O3. The van der Waals surface area contributed by atoms with Gasteiger partial charge in [0.1, 0.15) is 0 Å². The summed E-state index contributed by atoms with van der Waals surface area (Å²) in [5.74, 6) is -0.957. The Hall–Kier alpha value is -2.04. The molecule has 5 heteroatoms. The average Bonchev–Trinajstić information content (AvgIpc) is 2.35. The van der Waals surface area contributed by atoms with Gasteiger partial charge in [0.25, 0.3) is 0 Å². The quantitative estimate of drug-likeness (QED) is 0.792. The summed E-state index contributed by atoms with van der Waals surface area (Å²) < 4.78 is 0. The van der Waals surface area contributed by atoms with Crippen LogP contribution in [0, 0.1) is 5.41 Å². The predicted octanol–water partition coefficient (Wildman–Crippen LogP) is 2.62. The van der Waals surface area contributed by atoms with Crippen LogP contribution in [-0.2, 0) is 6.54 Å². The van der Waals surface area contributed by atoms with Gasteiger partial charge in [-0.05, 0) is 30.0 Å². The summed E-state index contributed by atoms with van der Waals surface area (Å²) in [5.41, 5.74) is 1.09. The van der Waals surface area contributed by atoms with Crippen molar-refractivity contribution in [1.82, 2.24) is 10.6 Å². The third-order valence-corrected chi connectivity index (χ3v) is 3.30. The average molecular weight is 278 g/mol. The molecule has 20 heavy (non-hydrogen) atoms. The zero-order chi connectivity index (χ0) is 15.3. The molecule has 1 atom stereocenters. The zero-order valence-corrected chi connectivity index (χ0v) is 12.4. The van der Waals surface area contributed by atoms with E-state index in [2.05, 4.69) is 31.4 Å². The minimum absolute atomic E-state index is 0.000472. The van der Waals surface area contributed by atoms with Gasteiger partial charge >= 0.3 is 12.0 Å². The molecule has 2 amide bonds.